The molecule has 0 spiro atoms. The van der Waals surface area contributed by atoms with E-state index in [-0.39, 0.29) is 18.0 Å². The molecule has 4 aromatic rings. The van der Waals surface area contributed by atoms with E-state index in [0.29, 0.717) is 22.0 Å². The molecule has 0 bridgehead atoms. The van der Waals surface area contributed by atoms with Crippen molar-refractivity contribution in [3.05, 3.63) is 68.9 Å². The minimum atomic E-state index is -0.364. The summed E-state index contributed by atoms with van der Waals surface area (Å²) in [5, 5.41) is 4.44. The van der Waals surface area contributed by atoms with Gasteiger partial charge in [0.15, 0.2) is 0 Å². The van der Waals surface area contributed by atoms with E-state index < -0.39 is 0 Å². The Labute approximate surface area is 213 Å². The fourth-order valence-corrected chi connectivity index (χ4v) is 6.78. The predicted molar refractivity (Wildman–Crippen MR) is 144 cm³/mol. The molecule has 0 aliphatic heterocycles. The number of ether oxygens (including phenoxy) is 1. The molecule has 0 fully saturated rings. The average molecular weight is 505 g/mol. The van der Waals surface area contributed by atoms with Gasteiger partial charge in [-0.25, -0.2) is 9.78 Å². The fraction of sp³-hybridized carbons (Fsp3) is 0.321. The molecule has 7 heteroatoms. The molecule has 0 saturated heterocycles. The highest BCUT2D eigenvalue weighted by molar-refractivity contribution is 7.17. The molecule has 0 saturated carbocycles. The van der Waals surface area contributed by atoms with Crippen LogP contribution in [-0.2, 0) is 17.6 Å². The molecule has 1 aliphatic rings. The Bertz CT molecular complexity index is 1430. The number of esters is 1. The van der Waals surface area contributed by atoms with Crippen molar-refractivity contribution in [1.82, 2.24) is 4.98 Å². The molecule has 35 heavy (non-hydrogen) atoms. The van der Waals surface area contributed by atoms with E-state index in [9.17, 15) is 9.59 Å². The molecule has 180 valence electrons. The molecule has 5 nitrogen and oxygen atoms in total. The minimum Gasteiger partial charge on any atom is -0.459 e. The SMILES string of the molecule is Cc1ccc(-c2cc(C(=O)Nc3sc4c(c3C(=O)OC(C)C)CCC(C)C4)c3ccccc3n2)s1. The third-order valence-electron chi connectivity index (χ3n) is 6.24. The summed E-state index contributed by atoms with van der Waals surface area (Å²) in [6.07, 6.45) is 2.53. The van der Waals surface area contributed by atoms with Crippen LogP contribution < -0.4 is 5.32 Å². The number of carbonyl (C=O) groups excluding carboxylic acids is 2. The Hall–Kier alpha value is -3.03. The number of aryl methyl sites for hydroxylation is 1. The summed E-state index contributed by atoms with van der Waals surface area (Å²) in [5.41, 5.74) is 3.63. The lowest BCUT2D eigenvalue weighted by Crippen LogP contribution is -2.19. The normalized spacial score (nSPS) is 15.3. The number of hydrogen-bond acceptors (Lipinski definition) is 6. The first-order chi connectivity index (χ1) is 16.8. The first-order valence-corrected chi connectivity index (χ1v) is 13.6. The highest BCUT2D eigenvalue weighted by Crippen LogP contribution is 2.41. The standard InChI is InChI=1S/C28H28N2O3S2/c1-15(2)33-28(32)25-19-11-9-16(3)13-24(19)35-27(25)30-26(31)20-14-22(23-12-10-17(4)34-23)29-21-8-6-5-7-18(20)21/h5-8,10,12,14-16H,9,11,13H2,1-4H3,(H,30,31). The smallest absolute Gasteiger partial charge is 0.341 e. The molecular formula is C28H28N2O3S2. The molecule has 1 aliphatic carbocycles. The lowest BCUT2D eigenvalue weighted by molar-refractivity contribution is 0.0378. The molecule has 1 atom stereocenters. The highest BCUT2D eigenvalue weighted by atomic mass is 32.1. The van der Waals surface area contributed by atoms with Crippen molar-refractivity contribution < 1.29 is 14.3 Å². The zero-order valence-electron chi connectivity index (χ0n) is 20.3. The van der Waals surface area contributed by atoms with Crippen LogP contribution in [0.4, 0.5) is 5.00 Å². The van der Waals surface area contributed by atoms with Gasteiger partial charge in [0.25, 0.3) is 5.91 Å². The molecule has 1 amide bonds. The Kier molecular flexibility index (Phi) is 6.47. The number of nitrogens with zero attached hydrogens (tertiary/aromatic N) is 1. The maximum Gasteiger partial charge on any atom is 0.341 e. The quantitative estimate of drug-likeness (QED) is 0.290. The number of amides is 1. The van der Waals surface area contributed by atoms with Gasteiger partial charge in [-0.3, -0.25) is 4.79 Å². The summed E-state index contributed by atoms with van der Waals surface area (Å²) < 4.78 is 5.57. The Morgan fingerprint density at radius 3 is 2.69 bits per heavy atom. The number of thiophene rings is 2. The molecular weight excluding hydrogens is 476 g/mol. The van der Waals surface area contributed by atoms with E-state index in [2.05, 4.69) is 25.2 Å². The van der Waals surface area contributed by atoms with E-state index in [1.807, 2.05) is 50.2 Å². The highest BCUT2D eigenvalue weighted by Gasteiger charge is 2.30. The third kappa shape index (κ3) is 4.75. The summed E-state index contributed by atoms with van der Waals surface area (Å²) in [7, 11) is 0. The van der Waals surface area contributed by atoms with Gasteiger partial charge in [0, 0.05) is 15.1 Å². The number of aromatic nitrogens is 1. The summed E-state index contributed by atoms with van der Waals surface area (Å²) in [6.45, 7) is 7.96. The molecule has 1 N–H and O–H groups in total. The van der Waals surface area contributed by atoms with Crippen molar-refractivity contribution in [2.75, 3.05) is 5.32 Å². The predicted octanol–water partition coefficient (Wildman–Crippen LogP) is 7.28. The van der Waals surface area contributed by atoms with Crippen LogP contribution in [0.15, 0.2) is 42.5 Å². The minimum absolute atomic E-state index is 0.231. The number of pyridine rings is 1. The number of carbonyl (C=O) groups is 2. The van der Waals surface area contributed by atoms with Crippen LogP contribution in [0.2, 0.25) is 0 Å². The Morgan fingerprint density at radius 2 is 1.94 bits per heavy atom. The maximum absolute atomic E-state index is 13.7. The third-order valence-corrected chi connectivity index (χ3v) is 8.43. The monoisotopic (exact) mass is 504 g/mol. The van der Waals surface area contributed by atoms with Crippen molar-refractivity contribution in [2.24, 2.45) is 5.92 Å². The lowest BCUT2D eigenvalue weighted by atomic mass is 9.88. The number of para-hydroxylation sites is 1. The largest absolute Gasteiger partial charge is 0.459 e. The molecule has 3 heterocycles. The van der Waals surface area contributed by atoms with E-state index in [1.54, 1.807) is 11.3 Å². The van der Waals surface area contributed by atoms with Crippen molar-refractivity contribution >= 4 is 50.5 Å². The fourth-order valence-electron chi connectivity index (χ4n) is 4.56. The van der Waals surface area contributed by atoms with Crippen LogP contribution in [-0.4, -0.2) is 23.0 Å². The van der Waals surface area contributed by atoms with E-state index in [0.717, 1.165) is 46.3 Å². The van der Waals surface area contributed by atoms with Crippen LogP contribution >= 0.6 is 22.7 Å². The Balaban J connectivity index is 1.57. The van der Waals surface area contributed by atoms with Crippen molar-refractivity contribution in [3.63, 3.8) is 0 Å². The number of rotatable bonds is 5. The first kappa shape index (κ1) is 23.7. The van der Waals surface area contributed by atoms with Gasteiger partial charge >= 0.3 is 5.97 Å². The van der Waals surface area contributed by atoms with Crippen molar-refractivity contribution in [1.29, 1.82) is 0 Å². The maximum atomic E-state index is 13.7. The number of benzene rings is 1. The molecule has 1 unspecified atom stereocenters. The Morgan fingerprint density at radius 1 is 1.14 bits per heavy atom. The average Bonchev–Trinajstić information content (AvgIpc) is 3.40. The van der Waals surface area contributed by atoms with Crippen LogP contribution in [0.5, 0.6) is 0 Å². The molecule has 0 radical (unpaired) electrons. The summed E-state index contributed by atoms with van der Waals surface area (Å²) in [5.74, 6) is -0.0558. The first-order valence-electron chi connectivity index (χ1n) is 11.9. The van der Waals surface area contributed by atoms with Gasteiger partial charge in [-0.15, -0.1) is 22.7 Å². The molecule has 5 rings (SSSR count). The second kappa shape index (κ2) is 9.55. The number of anilines is 1. The summed E-state index contributed by atoms with van der Waals surface area (Å²) in [4.78, 5) is 35.0. The van der Waals surface area contributed by atoms with E-state index >= 15 is 0 Å². The van der Waals surface area contributed by atoms with Gasteiger partial charge in [-0.05, 0) is 75.8 Å². The van der Waals surface area contributed by atoms with E-state index in [4.69, 9.17) is 9.72 Å². The summed E-state index contributed by atoms with van der Waals surface area (Å²) in [6, 6.07) is 13.6. The van der Waals surface area contributed by atoms with Gasteiger partial charge in [-0.1, -0.05) is 25.1 Å². The van der Waals surface area contributed by atoms with Crippen LogP contribution in [0.3, 0.4) is 0 Å². The second-order valence-electron chi connectivity index (χ2n) is 9.45. The topological polar surface area (TPSA) is 68.3 Å². The number of hydrogen-bond donors (Lipinski definition) is 1. The zero-order chi connectivity index (χ0) is 24.7. The molecule has 3 aromatic heterocycles. The van der Waals surface area contributed by atoms with Gasteiger partial charge in [0.05, 0.1) is 33.3 Å². The lowest BCUT2D eigenvalue weighted by Gasteiger charge is -2.19. The van der Waals surface area contributed by atoms with Gasteiger partial charge in [0.2, 0.25) is 0 Å². The van der Waals surface area contributed by atoms with Crippen molar-refractivity contribution in [2.45, 2.75) is 53.1 Å². The van der Waals surface area contributed by atoms with Gasteiger partial charge < -0.3 is 10.1 Å². The van der Waals surface area contributed by atoms with Crippen LogP contribution in [0, 0.1) is 12.8 Å². The van der Waals surface area contributed by atoms with E-state index in [1.165, 1.54) is 21.1 Å². The van der Waals surface area contributed by atoms with Gasteiger partial charge in [-0.2, -0.15) is 0 Å². The van der Waals surface area contributed by atoms with Crippen molar-refractivity contribution in [3.8, 4) is 10.6 Å². The van der Waals surface area contributed by atoms with Crippen LogP contribution in [0.25, 0.3) is 21.5 Å². The second-order valence-corrected chi connectivity index (χ2v) is 11.8. The van der Waals surface area contributed by atoms with Gasteiger partial charge in [0.1, 0.15) is 5.00 Å². The van der Waals surface area contributed by atoms with Crippen LogP contribution in [0.1, 0.15) is 63.2 Å². The number of nitrogens with one attached hydrogen (secondary N) is 1. The zero-order valence-corrected chi connectivity index (χ0v) is 21.9. The molecule has 1 aromatic carbocycles. The number of fused-ring (bicyclic) bond motifs is 2. The summed E-state index contributed by atoms with van der Waals surface area (Å²) >= 11 is 3.16.